The van der Waals surface area contributed by atoms with Gasteiger partial charge in [-0.25, -0.2) is 0 Å². The summed E-state index contributed by atoms with van der Waals surface area (Å²) < 4.78 is 0. The molecular weight excluding hydrogens is 294 g/mol. The van der Waals surface area contributed by atoms with Crippen molar-refractivity contribution in [2.75, 3.05) is 26.2 Å². The monoisotopic (exact) mass is 320 g/mol. The molecule has 1 aliphatic rings. The van der Waals surface area contributed by atoms with Crippen LogP contribution in [-0.2, 0) is 6.54 Å². The summed E-state index contributed by atoms with van der Waals surface area (Å²) in [6.45, 7) is 7.56. The number of hydrogen-bond acceptors (Lipinski definition) is 2. The van der Waals surface area contributed by atoms with Crippen molar-refractivity contribution >= 4 is 12.3 Å². The Morgan fingerprint density at radius 3 is 2.29 bits per heavy atom. The van der Waals surface area contributed by atoms with Gasteiger partial charge in [-0.15, -0.1) is 0 Å². The number of hydrogen-bond donors (Lipinski definition) is 1. The first kappa shape index (κ1) is 16.5. The first-order valence-corrected chi connectivity index (χ1v) is 8.69. The fraction of sp³-hybridized carbons (Fsp3) is 0.286. The number of rotatable bonds is 5. The highest BCUT2D eigenvalue weighted by Crippen LogP contribution is 2.05. The summed E-state index contributed by atoms with van der Waals surface area (Å²) in [7, 11) is 0. The molecule has 3 nitrogen and oxygen atoms in total. The molecule has 1 N–H and O–H groups in total. The van der Waals surface area contributed by atoms with Crippen LogP contribution < -0.4 is 4.90 Å². The summed E-state index contributed by atoms with van der Waals surface area (Å²) in [5, 5.41) is 6.84. The van der Waals surface area contributed by atoms with Gasteiger partial charge in [0.25, 0.3) is 0 Å². The molecule has 0 unspecified atom stereocenters. The number of nitrogens with one attached hydrogen (secondary N) is 1. The Kier molecular flexibility index (Phi) is 5.80. The molecule has 0 spiro atoms. The van der Waals surface area contributed by atoms with Gasteiger partial charge in [0.05, 0.1) is 26.2 Å². The minimum Gasteiger partial charge on any atom is -0.328 e. The van der Waals surface area contributed by atoms with Crippen LogP contribution in [0.5, 0.6) is 0 Å². The fourth-order valence-corrected chi connectivity index (χ4v) is 3.01. The molecule has 3 rings (SSSR count). The Labute approximate surface area is 144 Å². The van der Waals surface area contributed by atoms with Crippen LogP contribution in [0.3, 0.4) is 0 Å². The van der Waals surface area contributed by atoms with Gasteiger partial charge < -0.3 is 4.90 Å². The average molecular weight is 320 g/mol. The molecule has 0 aromatic heterocycles. The minimum absolute atomic E-state index is 1.03. The average Bonchev–Trinajstić information content (AvgIpc) is 2.63. The molecule has 1 saturated heterocycles. The van der Waals surface area contributed by atoms with E-state index in [0.29, 0.717) is 0 Å². The number of piperazine rings is 1. The van der Waals surface area contributed by atoms with Gasteiger partial charge >= 0.3 is 0 Å². The molecule has 0 aliphatic carbocycles. The molecule has 1 fully saturated rings. The molecule has 2 aromatic rings. The maximum absolute atomic E-state index is 4.65. The van der Waals surface area contributed by atoms with Gasteiger partial charge in [-0.3, -0.25) is 5.01 Å². The molecule has 3 heteroatoms. The lowest BCUT2D eigenvalue weighted by molar-refractivity contribution is -0.918. The summed E-state index contributed by atoms with van der Waals surface area (Å²) in [5.74, 6) is 0. The van der Waals surface area contributed by atoms with E-state index in [9.17, 15) is 0 Å². The van der Waals surface area contributed by atoms with Gasteiger partial charge in [0.1, 0.15) is 6.54 Å². The fourth-order valence-electron chi connectivity index (χ4n) is 3.01. The van der Waals surface area contributed by atoms with Gasteiger partial charge in [0.2, 0.25) is 0 Å². The minimum atomic E-state index is 1.03. The number of benzene rings is 2. The lowest BCUT2D eigenvalue weighted by Crippen LogP contribution is -3.13. The predicted octanol–water partition coefficient (Wildman–Crippen LogP) is 2.48. The lowest BCUT2D eigenvalue weighted by Gasteiger charge is -2.30. The molecule has 0 atom stereocenters. The SMILES string of the molecule is CC(/C=N/N1CC[NH+](Cc2ccccc2)CC1)=C\c1ccccc1. The van der Waals surface area contributed by atoms with Crippen LogP contribution in [0.2, 0.25) is 0 Å². The third kappa shape index (κ3) is 5.07. The normalized spacial score (nSPS) is 16.7. The molecule has 124 valence electrons. The van der Waals surface area contributed by atoms with Crippen molar-refractivity contribution in [3.63, 3.8) is 0 Å². The van der Waals surface area contributed by atoms with Crippen molar-refractivity contribution in [2.45, 2.75) is 13.5 Å². The van der Waals surface area contributed by atoms with Crippen molar-refractivity contribution in [3.8, 4) is 0 Å². The Morgan fingerprint density at radius 1 is 1.00 bits per heavy atom. The van der Waals surface area contributed by atoms with Crippen molar-refractivity contribution in [1.82, 2.24) is 5.01 Å². The van der Waals surface area contributed by atoms with E-state index in [-0.39, 0.29) is 0 Å². The quantitative estimate of drug-likeness (QED) is 0.839. The maximum Gasteiger partial charge on any atom is 0.103 e. The predicted molar refractivity (Wildman–Crippen MR) is 101 cm³/mol. The maximum atomic E-state index is 4.65. The van der Waals surface area contributed by atoms with Crippen LogP contribution >= 0.6 is 0 Å². The summed E-state index contributed by atoms with van der Waals surface area (Å²) >= 11 is 0. The van der Waals surface area contributed by atoms with Gasteiger partial charge in [0, 0.05) is 11.8 Å². The lowest BCUT2D eigenvalue weighted by atomic mass is 10.1. The van der Waals surface area contributed by atoms with E-state index >= 15 is 0 Å². The van der Waals surface area contributed by atoms with Crippen molar-refractivity contribution in [1.29, 1.82) is 0 Å². The molecule has 0 radical (unpaired) electrons. The van der Waals surface area contributed by atoms with Gasteiger partial charge in [-0.2, -0.15) is 5.10 Å². The highest BCUT2D eigenvalue weighted by atomic mass is 15.5. The van der Waals surface area contributed by atoms with E-state index in [4.69, 9.17) is 0 Å². The second-order valence-electron chi connectivity index (χ2n) is 6.41. The van der Waals surface area contributed by atoms with Crippen LogP contribution in [0.4, 0.5) is 0 Å². The topological polar surface area (TPSA) is 20.0 Å². The van der Waals surface area contributed by atoms with Crippen LogP contribution in [-0.4, -0.2) is 37.4 Å². The molecule has 0 saturated carbocycles. The molecule has 24 heavy (non-hydrogen) atoms. The van der Waals surface area contributed by atoms with Crippen LogP contribution in [0.1, 0.15) is 18.1 Å². The second kappa shape index (κ2) is 8.46. The zero-order chi connectivity index (χ0) is 16.6. The van der Waals surface area contributed by atoms with Crippen molar-refractivity contribution in [3.05, 3.63) is 77.4 Å². The highest BCUT2D eigenvalue weighted by molar-refractivity contribution is 5.84. The van der Waals surface area contributed by atoms with Gasteiger partial charge in [0.15, 0.2) is 0 Å². The largest absolute Gasteiger partial charge is 0.328 e. The summed E-state index contributed by atoms with van der Waals surface area (Å²) in [6.07, 6.45) is 4.15. The molecule has 0 bridgehead atoms. The summed E-state index contributed by atoms with van der Waals surface area (Å²) in [6, 6.07) is 21.1. The molecular formula is C21H26N3+. The zero-order valence-corrected chi connectivity index (χ0v) is 14.4. The van der Waals surface area contributed by atoms with Crippen LogP contribution in [0, 0.1) is 0 Å². The first-order chi connectivity index (χ1) is 11.8. The van der Waals surface area contributed by atoms with E-state index < -0.39 is 0 Å². The number of nitrogens with zero attached hydrogens (tertiary/aromatic N) is 2. The van der Waals surface area contributed by atoms with E-state index in [2.05, 4.69) is 77.7 Å². The molecule has 1 aliphatic heterocycles. The van der Waals surface area contributed by atoms with Crippen LogP contribution in [0.15, 0.2) is 71.3 Å². The standard InChI is InChI=1S/C21H25N3/c1-19(16-20-8-4-2-5-9-20)17-22-24-14-12-23(13-15-24)18-21-10-6-3-7-11-21/h2-11,16-17H,12-15,18H2,1H3/p+1/b19-16+,22-17+. The molecule has 0 amide bonds. The second-order valence-corrected chi connectivity index (χ2v) is 6.41. The van der Waals surface area contributed by atoms with Gasteiger partial charge in [-0.05, 0) is 18.1 Å². The Bertz CT molecular complexity index is 669. The smallest absolute Gasteiger partial charge is 0.103 e. The highest BCUT2D eigenvalue weighted by Gasteiger charge is 2.18. The third-order valence-electron chi connectivity index (χ3n) is 4.36. The van der Waals surface area contributed by atoms with Crippen LogP contribution in [0.25, 0.3) is 6.08 Å². The molecule has 1 heterocycles. The number of hydrazone groups is 1. The van der Waals surface area contributed by atoms with Crippen molar-refractivity contribution in [2.24, 2.45) is 5.10 Å². The Balaban J connectivity index is 1.47. The Morgan fingerprint density at radius 2 is 1.62 bits per heavy atom. The van der Waals surface area contributed by atoms with E-state index in [1.165, 1.54) is 16.7 Å². The number of allylic oxidation sites excluding steroid dienone is 1. The first-order valence-electron chi connectivity index (χ1n) is 8.69. The summed E-state index contributed by atoms with van der Waals surface area (Å²) in [4.78, 5) is 1.64. The summed E-state index contributed by atoms with van der Waals surface area (Å²) in [5.41, 5.74) is 3.82. The van der Waals surface area contributed by atoms with E-state index in [1.807, 2.05) is 12.3 Å². The zero-order valence-electron chi connectivity index (χ0n) is 14.4. The Hall–Kier alpha value is -2.39. The van der Waals surface area contributed by atoms with Gasteiger partial charge in [-0.1, -0.05) is 66.7 Å². The van der Waals surface area contributed by atoms with Crippen molar-refractivity contribution < 1.29 is 4.90 Å². The number of quaternary nitrogens is 1. The van der Waals surface area contributed by atoms with E-state index in [1.54, 1.807) is 4.90 Å². The third-order valence-corrected chi connectivity index (χ3v) is 4.36. The van der Waals surface area contributed by atoms with E-state index in [0.717, 1.165) is 32.7 Å². The molecule has 2 aromatic carbocycles.